The van der Waals surface area contributed by atoms with Crippen molar-refractivity contribution in [2.45, 2.75) is 18.9 Å². The number of carbonyl (C=O) groups is 2. The number of likely N-dealkylation sites (tertiary alicyclic amines) is 1. The second kappa shape index (κ2) is 8.42. The van der Waals surface area contributed by atoms with Crippen molar-refractivity contribution >= 4 is 12.1 Å². The quantitative estimate of drug-likeness (QED) is 0.337. The molecule has 94 valence electrons. The molecule has 0 aliphatic carbocycles. The van der Waals surface area contributed by atoms with Crippen molar-refractivity contribution in [3.8, 4) is 0 Å². The zero-order chi connectivity index (χ0) is 12.9. The van der Waals surface area contributed by atoms with Crippen LogP contribution in [0, 0.1) is 0 Å². The van der Waals surface area contributed by atoms with Crippen LogP contribution in [0.1, 0.15) is 12.8 Å². The second-order valence-electron chi connectivity index (χ2n) is 2.85. The van der Waals surface area contributed by atoms with E-state index in [0.717, 1.165) is 4.90 Å². The maximum Gasteiger partial charge on any atom is 1.00 e. The van der Waals surface area contributed by atoms with Gasteiger partial charge in [-0.05, 0) is 12.8 Å². The Hall–Kier alpha value is 0.310. The van der Waals surface area contributed by atoms with E-state index in [1.807, 2.05) is 0 Å². The fraction of sp³-hybridized carbons (Fsp3) is 0.667. The zero-order valence-corrected chi connectivity index (χ0v) is 13.0. The van der Waals surface area contributed by atoms with Crippen LogP contribution in [-0.4, -0.2) is 39.8 Å². The van der Waals surface area contributed by atoms with E-state index in [0.29, 0.717) is 19.4 Å². The Labute approximate surface area is 125 Å². The molecule has 0 radical (unpaired) electrons. The molecule has 1 aliphatic rings. The first-order valence-electron chi connectivity index (χ1n) is 3.97. The smallest absolute Gasteiger partial charge is 0.480 e. The van der Waals surface area contributed by atoms with Gasteiger partial charge in [0.25, 0.3) is 0 Å². The first kappa shape index (κ1) is 19.6. The Kier molecular flexibility index (Phi) is 9.73. The summed E-state index contributed by atoms with van der Waals surface area (Å²) in [6, 6.07) is -0.826. The van der Waals surface area contributed by atoms with Crippen LogP contribution >= 0.6 is 0 Å². The molecule has 0 bridgehead atoms. The minimum atomic E-state index is -5.94. The van der Waals surface area contributed by atoms with Crippen LogP contribution in [0.5, 0.6) is 0 Å². The minimum Gasteiger partial charge on any atom is -0.480 e. The average Bonchev–Trinajstić information content (AvgIpc) is 2.47. The molecule has 0 saturated carbocycles. The summed E-state index contributed by atoms with van der Waals surface area (Å²) < 4.78 is 34.5. The Morgan fingerprint density at radius 2 is 1.59 bits per heavy atom. The Morgan fingerprint density at radius 1 is 1.18 bits per heavy atom. The van der Waals surface area contributed by atoms with Crippen molar-refractivity contribution in [1.82, 2.24) is 4.90 Å². The molecule has 1 aliphatic heterocycles. The fourth-order valence-electron chi connectivity index (χ4n) is 1.25. The van der Waals surface area contributed by atoms with Crippen molar-refractivity contribution in [2.75, 3.05) is 6.54 Å². The molecule has 1 rings (SSSR count). The van der Waals surface area contributed by atoms with E-state index < -0.39 is 38.2 Å². The number of rotatable bonds is 1. The molecule has 1 unspecified atom stereocenters. The van der Waals surface area contributed by atoms with Crippen molar-refractivity contribution in [1.29, 1.82) is 0 Å². The molecule has 11 heteroatoms. The van der Waals surface area contributed by atoms with Crippen molar-refractivity contribution < 1.29 is 83.2 Å². The van der Waals surface area contributed by atoms with Gasteiger partial charge in [0.2, 0.25) is 0 Å². The first-order chi connectivity index (χ1) is 7.13. The maximum atomic E-state index is 10.4. The van der Waals surface area contributed by atoms with Crippen LogP contribution in [0.25, 0.3) is 0 Å². The third-order valence-electron chi connectivity index (χ3n) is 1.78. The minimum absolute atomic E-state index is 0. The van der Waals surface area contributed by atoms with Crippen molar-refractivity contribution in [2.24, 2.45) is 0 Å². The number of hydrogen-bond donors (Lipinski definition) is 2. The summed E-state index contributed by atoms with van der Waals surface area (Å²) in [5.74, 6) is -1.05. The molecule has 1 heterocycles. The monoisotopic (exact) mass is 373 g/mol. The number of carboxylic acid groups (broad SMARTS) is 2. The average molecular weight is 373 g/mol. The molecule has 0 aromatic rings. The molecular weight excluding hydrogens is 364 g/mol. The molecule has 2 N–H and O–H groups in total. The van der Waals surface area contributed by atoms with Gasteiger partial charge in [-0.2, -0.15) is 0 Å². The summed E-state index contributed by atoms with van der Waals surface area (Å²) in [6.07, 6.45) is -0.0693. The number of amides is 1. The van der Waals surface area contributed by atoms with E-state index in [4.69, 9.17) is 24.0 Å². The molecule has 17 heavy (non-hydrogen) atoms. The van der Waals surface area contributed by atoms with E-state index >= 15 is 0 Å². The maximum absolute atomic E-state index is 10.4. The normalized spacial score (nSPS) is 18.8. The van der Waals surface area contributed by atoms with Gasteiger partial charge in [0, 0.05) is 6.54 Å². The van der Waals surface area contributed by atoms with Gasteiger partial charge in [0.1, 0.15) is 26.1 Å². The third kappa shape index (κ3) is 9.96. The molecule has 0 aromatic heterocycles. The summed E-state index contributed by atoms with van der Waals surface area (Å²) in [5, 5.41) is 17.0. The molecule has 9 nitrogen and oxygen atoms in total. The largest absolute Gasteiger partial charge is 1.00 e. The summed E-state index contributed by atoms with van der Waals surface area (Å²) in [6.45, 7) is 0.340. The molecule has 0 spiro atoms. The second-order valence-corrected chi connectivity index (χ2v) is 5.01. The van der Waals surface area contributed by atoms with E-state index in [2.05, 4.69) is 0 Å². The van der Waals surface area contributed by atoms with Gasteiger partial charge < -0.3 is 10.2 Å². The van der Waals surface area contributed by atoms with Crippen LogP contribution in [0.2, 0.25) is 0 Å². The van der Waals surface area contributed by atoms with Crippen LogP contribution in [0.15, 0.2) is 0 Å². The molecule has 1 atom stereocenters. The number of aliphatic carboxylic acids is 1. The van der Waals surface area contributed by atoms with Gasteiger partial charge in [-0.3, -0.25) is 18.6 Å². The third-order valence-corrected chi connectivity index (χ3v) is 1.78. The zero-order valence-electron chi connectivity index (χ0n) is 8.87. The summed E-state index contributed by atoms with van der Waals surface area (Å²) in [5.41, 5.74) is 0. The van der Waals surface area contributed by atoms with Crippen LogP contribution < -0.4 is 63.4 Å². The Morgan fingerprint density at radius 3 is 1.82 bits per heavy atom. The van der Waals surface area contributed by atoms with Gasteiger partial charge in [-0.15, -0.1) is 0 Å². The van der Waals surface area contributed by atoms with Gasteiger partial charge in [0.15, 0.2) is 0 Å². The van der Waals surface area contributed by atoms with E-state index in [1.54, 1.807) is 0 Å². The van der Waals surface area contributed by atoms with Crippen molar-refractivity contribution in [3.05, 3.63) is 0 Å². The topological polar surface area (TPSA) is 170 Å². The van der Waals surface area contributed by atoms with E-state index in [-0.39, 0.29) is 29.6 Å². The predicted octanol–water partition coefficient (Wildman–Crippen LogP) is -10.5. The Balaban J connectivity index is 0. The summed E-state index contributed by atoms with van der Waals surface area (Å²) in [4.78, 5) is 21.8. The molecule has 1 saturated heterocycles. The summed E-state index contributed by atoms with van der Waals surface area (Å²) >= 11 is -5.94. The van der Waals surface area contributed by atoms with Crippen molar-refractivity contribution in [3.63, 3.8) is 0 Å². The van der Waals surface area contributed by atoms with E-state index in [9.17, 15) is 9.59 Å². The van der Waals surface area contributed by atoms with E-state index in [1.165, 1.54) is 0 Å². The molecular formula is C6H9INNaO8. The summed E-state index contributed by atoms with van der Waals surface area (Å²) in [7, 11) is 0. The molecule has 1 fully saturated rings. The van der Waals surface area contributed by atoms with Crippen LogP contribution in [-0.2, 0) is 4.79 Å². The predicted molar refractivity (Wildman–Crippen MR) is 35.4 cm³/mol. The standard InChI is InChI=1S/C6H9NO4.IO4.Na/c8-5(9)4-2-1-3-7(4)6(10)11;2-1(3,4)5;/h4H,1-3H2,(H,8,9)(H,10,11);;/q;-1;+1. The van der Waals surface area contributed by atoms with Gasteiger partial charge in [-0.1, -0.05) is 0 Å². The van der Waals surface area contributed by atoms with Gasteiger partial charge in [0.05, 0.1) is 0 Å². The fourth-order valence-corrected chi connectivity index (χ4v) is 1.25. The molecule has 1 amide bonds. The van der Waals surface area contributed by atoms with Crippen LogP contribution in [0.4, 0.5) is 4.79 Å². The SMILES string of the molecule is O=C(O)C1CCCN1C(=O)O.[Na+].[O-][I+3]([O-])([O-])[O-]. The molecule has 0 aromatic carbocycles. The number of carboxylic acids is 1. The number of halogens is 1. The van der Waals surface area contributed by atoms with Gasteiger partial charge in [-0.25, -0.2) is 9.59 Å². The number of hydrogen-bond acceptors (Lipinski definition) is 6. The van der Waals surface area contributed by atoms with Crippen LogP contribution in [0.3, 0.4) is 0 Å². The Bertz CT molecular complexity index is 243. The first-order valence-corrected chi connectivity index (χ1v) is 7.49. The number of nitrogens with zero attached hydrogens (tertiary/aromatic N) is 1. The van der Waals surface area contributed by atoms with Gasteiger partial charge >= 0.3 is 41.6 Å².